The van der Waals surface area contributed by atoms with Crippen LogP contribution in [0.2, 0.25) is 0 Å². The van der Waals surface area contributed by atoms with Gasteiger partial charge in [-0.1, -0.05) is 19.9 Å². The standard InChI is InChI=1S/C14H20FN3O2/c1-10(2)7-17-13(19)8-16-9-14(20)18-12-5-3-4-11(15)6-12/h3-6,10,16H,7-9H2,1-2H3,(H,17,19)(H,18,20). The normalized spacial score (nSPS) is 10.4. The average molecular weight is 281 g/mol. The highest BCUT2D eigenvalue weighted by molar-refractivity contribution is 5.92. The minimum absolute atomic E-state index is 0.00832. The van der Waals surface area contributed by atoms with E-state index in [0.717, 1.165) is 0 Å². The molecule has 1 aromatic rings. The molecule has 5 nitrogen and oxygen atoms in total. The van der Waals surface area contributed by atoms with Crippen LogP contribution >= 0.6 is 0 Å². The van der Waals surface area contributed by atoms with Crippen molar-refractivity contribution >= 4 is 17.5 Å². The Hall–Kier alpha value is -1.95. The SMILES string of the molecule is CC(C)CNC(=O)CNCC(=O)Nc1cccc(F)c1. The molecule has 0 fully saturated rings. The van der Waals surface area contributed by atoms with E-state index in [1.165, 1.54) is 18.2 Å². The molecule has 1 rings (SSSR count). The molecule has 0 saturated heterocycles. The molecule has 1 aromatic carbocycles. The Balaban J connectivity index is 2.22. The van der Waals surface area contributed by atoms with E-state index < -0.39 is 5.82 Å². The Morgan fingerprint density at radius 3 is 2.55 bits per heavy atom. The van der Waals surface area contributed by atoms with Crippen molar-refractivity contribution in [1.82, 2.24) is 10.6 Å². The second kappa shape index (κ2) is 8.27. The lowest BCUT2D eigenvalue weighted by Crippen LogP contribution is -2.38. The summed E-state index contributed by atoms with van der Waals surface area (Å²) in [4.78, 5) is 22.9. The Kier molecular flexibility index (Phi) is 6.66. The van der Waals surface area contributed by atoms with Gasteiger partial charge in [-0.3, -0.25) is 14.9 Å². The van der Waals surface area contributed by atoms with E-state index in [-0.39, 0.29) is 24.9 Å². The van der Waals surface area contributed by atoms with E-state index in [1.807, 2.05) is 13.8 Å². The molecule has 0 bridgehead atoms. The predicted octanol–water partition coefficient (Wildman–Crippen LogP) is 1.13. The number of amides is 2. The number of nitrogens with one attached hydrogen (secondary N) is 3. The zero-order valence-electron chi connectivity index (χ0n) is 11.7. The number of rotatable bonds is 7. The van der Waals surface area contributed by atoms with E-state index in [0.29, 0.717) is 18.2 Å². The Bertz CT molecular complexity index is 463. The maximum absolute atomic E-state index is 12.9. The molecule has 0 saturated carbocycles. The number of benzene rings is 1. The fourth-order valence-corrected chi connectivity index (χ4v) is 1.44. The summed E-state index contributed by atoms with van der Waals surface area (Å²) in [6, 6.07) is 5.63. The summed E-state index contributed by atoms with van der Waals surface area (Å²) >= 11 is 0. The molecule has 0 heterocycles. The van der Waals surface area contributed by atoms with Gasteiger partial charge in [0.1, 0.15) is 5.82 Å². The summed E-state index contributed by atoms with van der Waals surface area (Å²) in [5, 5.41) is 7.99. The third-order valence-electron chi connectivity index (χ3n) is 2.39. The zero-order valence-corrected chi connectivity index (χ0v) is 11.7. The van der Waals surface area contributed by atoms with Crippen LogP contribution in [-0.4, -0.2) is 31.4 Å². The fraction of sp³-hybridized carbons (Fsp3) is 0.429. The summed E-state index contributed by atoms with van der Waals surface area (Å²) in [5.41, 5.74) is 0.390. The van der Waals surface area contributed by atoms with Gasteiger partial charge < -0.3 is 10.6 Å². The van der Waals surface area contributed by atoms with Gasteiger partial charge in [0.2, 0.25) is 11.8 Å². The monoisotopic (exact) mass is 281 g/mol. The van der Waals surface area contributed by atoms with Crippen LogP contribution in [0.25, 0.3) is 0 Å². The highest BCUT2D eigenvalue weighted by atomic mass is 19.1. The molecule has 2 amide bonds. The summed E-state index contributed by atoms with van der Waals surface area (Å²) in [6.07, 6.45) is 0. The molecular formula is C14H20FN3O2. The zero-order chi connectivity index (χ0) is 15.0. The Morgan fingerprint density at radius 2 is 1.90 bits per heavy atom. The maximum Gasteiger partial charge on any atom is 0.238 e. The van der Waals surface area contributed by atoms with Crippen LogP contribution in [0.4, 0.5) is 10.1 Å². The minimum Gasteiger partial charge on any atom is -0.355 e. The van der Waals surface area contributed by atoms with Gasteiger partial charge in [0.05, 0.1) is 13.1 Å². The van der Waals surface area contributed by atoms with E-state index in [1.54, 1.807) is 6.07 Å². The fourth-order valence-electron chi connectivity index (χ4n) is 1.44. The van der Waals surface area contributed by atoms with Crippen molar-refractivity contribution in [1.29, 1.82) is 0 Å². The number of hydrogen-bond acceptors (Lipinski definition) is 3. The number of carbonyl (C=O) groups is 2. The topological polar surface area (TPSA) is 70.2 Å². The molecule has 0 aromatic heterocycles. The molecule has 6 heteroatoms. The van der Waals surface area contributed by atoms with Crippen LogP contribution in [-0.2, 0) is 9.59 Å². The minimum atomic E-state index is -0.413. The number of anilines is 1. The highest BCUT2D eigenvalue weighted by Gasteiger charge is 2.05. The summed E-state index contributed by atoms with van der Waals surface area (Å²) in [5.74, 6) is -0.511. The summed E-state index contributed by atoms with van der Waals surface area (Å²) in [6.45, 7) is 4.67. The van der Waals surface area contributed by atoms with Crippen LogP contribution in [0.15, 0.2) is 24.3 Å². The average Bonchev–Trinajstić information content (AvgIpc) is 2.36. The molecule has 20 heavy (non-hydrogen) atoms. The summed E-state index contributed by atoms with van der Waals surface area (Å²) in [7, 11) is 0. The van der Waals surface area contributed by atoms with Gasteiger partial charge >= 0.3 is 0 Å². The molecule has 110 valence electrons. The van der Waals surface area contributed by atoms with Crippen molar-refractivity contribution < 1.29 is 14.0 Å². The molecule has 3 N–H and O–H groups in total. The lowest BCUT2D eigenvalue weighted by Gasteiger charge is -2.09. The third-order valence-corrected chi connectivity index (χ3v) is 2.39. The van der Waals surface area contributed by atoms with Crippen molar-refractivity contribution in [2.75, 3.05) is 25.0 Å². The van der Waals surface area contributed by atoms with Gasteiger partial charge in [-0.15, -0.1) is 0 Å². The first-order chi connectivity index (χ1) is 9.47. The van der Waals surface area contributed by atoms with Crippen LogP contribution in [0.1, 0.15) is 13.8 Å². The van der Waals surface area contributed by atoms with E-state index in [9.17, 15) is 14.0 Å². The van der Waals surface area contributed by atoms with Crippen molar-refractivity contribution in [3.8, 4) is 0 Å². The van der Waals surface area contributed by atoms with Crippen LogP contribution in [0.5, 0.6) is 0 Å². The number of halogens is 1. The lowest BCUT2D eigenvalue weighted by molar-refractivity contribution is -0.120. The number of hydrogen-bond donors (Lipinski definition) is 3. The van der Waals surface area contributed by atoms with E-state index in [2.05, 4.69) is 16.0 Å². The van der Waals surface area contributed by atoms with Gasteiger partial charge in [-0.05, 0) is 24.1 Å². The van der Waals surface area contributed by atoms with Crippen LogP contribution in [0.3, 0.4) is 0 Å². The van der Waals surface area contributed by atoms with Crippen molar-refractivity contribution in [3.63, 3.8) is 0 Å². The van der Waals surface area contributed by atoms with E-state index >= 15 is 0 Å². The second-order valence-electron chi connectivity index (χ2n) is 4.86. The van der Waals surface area contributed by atoms with Crippen molar-refractivity contribution in [2.45, 2.75) is 13.8 Å². The highest BCUT2D eigenvalue weighted by Crippen LogP contribution is 2.08. The van der Waals surface area contributed by atoms with E-state index in [4.69, 9.17) is 0 Å². The maximum atomic E-state index is 12.9. The third kappa shape index (κ3) is 6.84. The van der Waals surface area contributed by atoms with Gasteiger partial charge in [-0.2, -0.15) is 0 Å². The Labute approximate surface area is 117 Å². The molecule has 0 spiro atoms. The largest absolute Gasteiger partial charge is 0.355 e. The predicted molar refractivity (Wildman–Crippen MR) is 75.7 cm³/mol. The van der Waals surface area contributed by atoms with Crippen LogP contribution < -0.4 is 16.0 Å². The van der Waals surface area contributed by atoms with Gasteiger partial charge in [-0.25, -0.2) is 4.39 Å². The first-order valence-corrected chi connectivity index (χ1v) is 6.50. The van der Waals surface area contributed by atoms with Gasteiger partial charge in [0, 0.05) is 12.2 Å². The molecule has 0 radical (unpaired) electrons. The molecule has 0 aliphatic rings. The molecule has 0 aliphatic carbocycles. The number of carbonyl (C=O) groups excluding carboxylic acids is 2. The van der Waals surface area contributed by atoms with Gasteiger partial charge in [0.25, 0.3) is 0 Å². The van der Waals surface area contributed by atoms with Crippen molar-refractivity contribution in [3.05, 3.63) is 30.1 Å². The molecule has 0 atom stereocenters. The quantitative estimate of drug-likeness (QED) is 0.701. The first kappa shape index (κ1) is 16.1. The first-order valence-electron chi connectivity index (χ1n) is 6.50. The molecule has 0 unspecified atom stereocenters. The lowest BCUT2D eigenvalue weighted by atomic mass is 10.2. The second-order valence-corrected chi connectivity index (χ2v) is 4.86. The van der Waals surface area contributed by atoms with Crippen molar-refractivity contribution in [2.24, 2.45) is 5.92 Å². The molecular weight excluding hydrogens is 261 g/mol. The smallest absolute Gasteiger partial charge is 0.238 e. The molecule has 0 aliphatic heterocycles. The van der Waals surface area contributed by atoms with Crippen LogP contribution in [0, 0.1) is 11.7 Å². The Morgan fingerprint density at radius 1 is 1.20 bits per heavy atom. The summed E-state index contributed by atoms with van der Waals surface area (Å²) < 4.78 is 12.9. The van der Waals surface area contributed by atoms with Gasteiger partial charge in [0.15, 0.2) is 0 Å².